The highest BCUT2D eigenvalue weighted by atomic mass is 79.9. The minimum Gasteiger partial charge on any atom is -0.481 e. The minimum atomic E-state index is -0.854. The Hall–Kier alpha value is -1.66. The van der Waals surface area contributed by atoms with E-state index in [9.17, 15) is 9.59 Å². The number of carboxylic acid groups (broad SMARTS) is 1. The molecule has 0 radical (unpaired) electrons. The molecule has 1 amide bonds. The normalized spacial score (nSPS) is 10.2. The predicted molar refractivity (Wildman–Crippen MR) is 82.4 cm³/mol. The largest absolute Gasteiger partial charge is 0.481 e. The number of aliphatic carboxylic acids is 1. The summed E-state index contributed by atoms with van der Waals surface area (Å²) in [4.78, 5) is 22.7. The smallest absolute Gasteiger partial charge is 0.303 e. The molecule has 2 aromatic rings. The zero-order valence-electron chi connectivity index (χ0n) is 10.4. The molecule has 2 N–H and O–H groups in total. The van der Waals surface area contributed by atoms with Gasteiger partial charge in [0.05, 0.1) is 9.35 Å². The van der Waals surface area contributed by atoms with Gasteiger partial charge in [0.1, 0.15) is 0 Å². The molecule has 0 aliphatic rings. The Bertz CT molecular complexity index is 639. The summed E-state index contributed by atoms with van der Waals surface area (Å²) >= 11 is 4.75. The molecular weight excluding hydrogens is 342 g/mol. The number of carboxylic acids is 1. The lowest BCUT2D eigenvalue weighted by Crippen LogP contribution is -2.12. The van der Waals surface area contributed by atoms with Gasteiger partial charge in [0.15, 0.2) is 0 Å². The summed E-state index contributed by atoms with van der Waals surface area (Å²) in [5.41, 5.74) is 2.05. The van der Waals surface area contributed by atoms with Crippen LogP contribution in [0.5, 0.6) is 0 Å². The first-order chi connectivity index (χ1) is 9.56. The SMILES string of the molecule is O=C(O)CCc1ccccc1NC(=O)c1csc(Br)c1. The second-order valence-electron chi connectivity index (χ2n) is 4.14. The summed E-state index contributed by atoms with van der Waals surface area (Å²) in [5.74, 6) is -1.05. The van der Waals surface area contributed by atoms with Gasteiger partial charge in [0, 0.05) is 17.5 Å². The van der Waals surface area contributed by atoms with Crippen LogP contribution in [0.2, 0.25) is 0 Å². The zero-order valence-corrected chi connectivity index (χ0v) is 12.8. The quantitative estimate of drug-likeness (QED) is 0.859. The first-order valence-electron chi connectivity index (χ1n) is 5.91. The Labute approximate surface area is 128 Å². The van der Waals surface area contributed by atoms with Crippen molar-refractivity contribution in [3.05, 3.63) is 50.6 Å². The Morgan fingerprint density at radius 1 is 1.30 bits per heavy atom. The zero-order chi connectivity index (χ0) is 14.5. The molecule has 0 aliphatic heterocycles. The summed E-state index contributed by atoms with van der Waals surface area (Å²) in [6.07, 6.45) is 0.427. The highest BCUT2D eigenvalue weighted by molar-refractivity contribution is 9.11. The van der Waals surface area contributed by atoms with E-state index in [2.05, 4.69) is 21.2 Å². The Balaban J connectivity index is 2.12. The van der Waals surface area contributed by atoms with Gasteiger partial charge < -0.3 is 10.4 Å². The van der Waals surface area contributed by atoms with Crippen molar-refractivity contribution in [2.45, 2.75) is 12.8 Å². The van der Waals surface area contributed by atoms with Crippen molar-refractivity contribution in [3.63, 3.8) is 0 Å². The minimum absolute atomic E-state index is 0.0386. The molecule has 6 heteroatoms. The number of para-hydroxylation sites is 1. The van der Waals surface area contributed by atoms with Gasteiger partial charge in [-0.2, -0.15) is 0 Å². The van der Waals surface area contributed by atoms with E-state index in [1.807, 2.05) is 18.2 Å². The first-order valence-corrected chi connectivity index (χ1v) is 7.58. The number of thiophene rings is 1. The molecule has 0 unspecified atom stereocenters. The number of carbonyl (C=O) groups is 2. The molecule has 4 nitrogen and oxygen atoms in total. The van der Waals surface area contributed by atoms with Crippen LogP contribution >= 0.6 is 27.3 Å². The highest BCUT2D eigenvalue weighted by Crippen LogP contribution is 2.23. The number of nitrogens with one attached hydrogen (secondary N) is 1. The van der Waals surface area contributed by atoms with Crippen molar-refractivity contribution in [2.75, 3.05) is 5.32 Å². The van der Waals surface area contributed by atoms with E-state index in [1.165, 1.54) is 11.3 Å². The molecule has 104 valence electrons. The van der Waals surface area contributed by atoms with Gasteiger partial charge >= 0.3 is 5.97 Å². The van der Waals surface area contributed by atoms with Crippen LogP contribution in [0.15, 0.2) is 39.5 Å². The average molecular weight is 354 g/mol. The maximum absolute atomic E-state index is 12.1. The summed E-state index contributed by atoms with van der Waals surface area (Å²) in [6.45, 7) is 0. The molecule has 0 saturated heterocycles. The van der Waals surface area contributed by atoms with Crippen molar-refractivity contribution in [1.82, 2.24) is 0 Å². The van der Waals surface area contributed by atoms with E-state index in [-0.39, 0.29) is 12.3 Å². The number of hydrogen-bond donors (Lipinski definition) is 2. The third-order valence-corrected chi connectivity index (χ3v) is 4.21. The molecule has 2 rings (SSSR count). The third-order valence-electron chi connectivity index (χ3n) is 2.70. The Kier molecular flexibility index (Phi) is 4.92. The second kappa shape index (κ2) is 6.67. The van der Waals surface area contributed by atoms with Crippen LogP contribution in [0.4, 0.5) is 5.69 Å². The van der Waals surface area contributed by atoms with Crippen LogP contribution in [0.3, 0.4) is 0 Å². The molecule has 1 heterocycles. The fourth-order valence-electron chi connectivity index (χ4n) is 1.73. The summed E-state index contributed by atoms with van der Waals surface area (Å²) in [7, 11) is 0. The van der Waals surface area contributed by atoms with Gasteiger partial charge in [-0.3, -0.25) is 9.59 Å². The van der Waals surface area contributed by atoms with Crippen molar-refractivity contribution in [1.29, 1.82) is 0 Å². The predicted octanol–water partition coefficient (Wildman–Crippen LogP) is 3.78. The van der Waals surface area contributed by atoms with Gasteiger partial charge in [-0.05, 0) is 40.0 Å². The van der Waals surface area contributed by atoms with Crippen molar-refractivity contribution >= 4 is 44.8 Å². The molecule has 0 aliphatic carbocycles. The maximum Gasteiger partial charge on any atom is 0.303 e. The average Bonchev–Trinajstić information content (AvgIpc) is 2.84. The van der Waals surface area contributed by atoms with Crippen molar-refractivity contribution in [2.24, 2.45) is 0 Å². The first kappa shape index (κ1) is 14.7. The summed E-state index contributed by atoms with van der Waals surface area (Å²) in [6, 6.07) is 8.98. The van der Waals surface area contributed by atoms with Crippen molar-refractivity contribution < 1.29 is 14.7 Å². The number of rotatable bonds is 5. The van der Waals surface area contributed by atoms with Crippen LogP contribution in [0.1, 0.15) is 22.3 Å². The van der Waals surface area contributed by atoms with Gasteiger partial charge in [-0.1, -0.05) is 18.2 Å². The van der Waals surface area contributed by atoms with E-state index >= 15 is 0 Å². The topological polar surface area (TPSA) is 66.4 Å². The molecular formula is C14H12BrNO3S. The van der Waals surface area contributed by atoms with E-state index < -0.39 is 5.97 Å². The Morgan fingerprint density at radius 2 is 2.05 bits per heavy atom. The fourth-order valence-corrected chi connectivity index (χ4v) is 2.86. The molecule has 1 aromatic heterocycles. The van der Waals surface area contributed by atoms with Crippen LogP contribution in [0.25, 0.3) is 0 Å². The molecule has 0 fully saturated rings. The van der Waals surface area contributed by atoms with E-state index in [1.54, 1.807) is 17.5 Å². The lowest BCUT2D eigenvalue weighted by Gasteiger charge is -2.09. The number of amides is 1. The molecule has 1 aromatic carbocycles. The molecule has 20 heavy (non-hydrogen) atoms. The van der Waals surface area contributed by atoms with Crippen LogP contribution < -0.4 is 5.32 Å². The standard InChI is InChI=1S/C14H12BrNO3S/c15-12-7-10(8-20-12)14(19)16-11-4-2-1-3-9(11)5-6-13(17)18/h1-4,7-8H,5-6H2,(H,16,19)(H,17,18). The van der Waals surface area contributed by atoms with E-state index in [4.69, 9.17) is 5.11 Å². The number of halogens is 1. The van der Waals surface area contributed by atoms with Gasteiger partial charge in [-0.15, -0.1) is 11.3 Å². The van der Waals surface area contributed by atoms with Gasteiger partial charge in [0.2, 0.25) is 0 Å². The van der Waals surface area contributed by atoms with Gasteiger partial charge in [-0.25, -0.2) is 0 Å². The molecule has 0 bridgehead atoms. The molecule has 0 atom stereocenters. The maximum atomic E-state index is 12.1. The fraction of sp³-hybridized carbons (Fsp3) is 0.143. The monoisotopic (exact) mass is 353 g/mol. The van der Waals surface area contributed by atoms with Crippen molar-refractivity contribution in [3.8, 4) is 0 Å². The van der Waals surface area contributed by atoms with E-state index in [0.29, 0.717) is 17.7 Å². The van der Waals surface area contributed by atoms with Gasteiger partial charge in [0.25, 0.3) is 5.91 Å². The number of carbonyl (C=O) groups excluding carboxylic acids is 1. The Morgan fingerprint density at radius 3 is 2.70 bits per heavy atom. The number of aryl methyl sites for hydroxylation is 1. The number of benzene rings is 1. The molecule has 0 saturated carbocycles. The van der Waals surface area contributed by atoms with Crippen LogP contribution in [-0.2, 0) is 11.2 Å². The number of anilines is 1. The van der Waals surface area contributed by atoms with E-state index in [0.717, 1.165) is 9.35 Å². The number of hydrogen-bond acceptors (Lipinski definition) is 3. The summed E-state index contributed by atoms with van der Waals surface area (Å²) in [5, 5.41) is 13.3. The highest BCUT2D eigenvalue weighted by Gasteiger charge is 2.11. The van der Waals surface area contributed by atoms with Crippen LogP contribution in [-0.4, -0.2) is 17.0 Å². The second-order valence-corrected chi connectivity index (χ2v) is 6.43. The molecule has 0 spiro atoms. The summed E-state index contributed by atoms with van der Waals surface area (Å²) < 4.78 is 0.891. The lowest BCUT2D eigenvalue weighted by atomic mass is 10.1. The lowest BCUT2D eigenvalue weighted by molar-refractivity contribution is -0.136. The third kappa shape index (κ3) is 3.91. The van der Waals surface area contributed by atoms with Crippen LogP contribution in [0, 0.1) is 0 Å².